The van der Waals surface area contributed by atoms with Gasteiger partial charge >= 0.3 is 11.9 Å². The summed E-state index contributed by atoms with van der Waals surface area (Å²) in [6, 6.07) is 7.47. The highest BCUT2D eigenvalue weighted by atomic mass is 16.5. The normalized spacial score (nSPS) is 22.8. The number of nitrogens with one attached hydrogen (secondary N) is 1. The highest BCUT2D eigenvalue weighted by Gasteiger charge is 2.48. The predicted molar refractivity (Wildman–Crippen MR) is 133 cm³/mol. The van der Waals surface area contributed by atoms with E-state index in [1.54, 1.807) is 0 Å². The lowest BCUT2D eigenvalue weighted by molar-refractivity contribution is -0.151. The molecule has 0 radical (unpaired) electrons. The van der Waals surface area contributed by atoms with Crippen LogP contribution in [-0.4, -0.2) is 37.5 Å². The standard InChI is InChI=1S/C28H37NO6/c1-7-9-14-34-21-13-11-10-12-19(21)24-23(28(32)35-17(4)8-2)18(5)29-20-15-16(3)22(27(31)33-6)26(30)25(20)24/h10-13,16-17,22,24,29H,7-9,14-15H2,1-6H3/t16-,17+,22-,24-/m0/s1. The Morgan fingerprint density at radius 2 is 1.91 bits per heavy atom. The van der Waals surface area contributed by atoms with Crippen LogP contribution in [0.25, 0.3) is 0 Å². The van der Waals surface area contributed by atoms with Crippen molar-refractivity contribution in [1.29, 1.82) is 0 Å². The summed E-state index contributed by atoms with van der Waals surface area (Å²) in [7, 11) is 1.29. The van der Waals surface area contributed by atoms with Crippen molar-refractivity contribution in [3.05, 3.63) is 52.4 Å². The molecule has 35 heavy (non-hydrogen) atoms. The molecule has 1 aromatic rings. The molecule has 0 saturated heterocycles. The molecule has 1 N–H and O–H groups in total. The largest absolute Gasteiger partial charge is 0.493 e. The number of unbranched alkanes of at least 4 members (excludes halogenated alkanes) is 1. The van der Waals surface area contributed by atoms with Crippen LogP contribution in [0.5, 0.6) is 5.75 Å². The number of ether oxygens (including phenoxy) is 3. The Kier molecular flexibility index (Phi) is 8.76. The first-order chi connectivity index (χ1) is 16.7. The van der Waals surface area contributed by atoms with Crippen molar-refractivity contribution in [2.45, 2.75) is 72.3 Å². The van der Waals surface area contributed by atoms with E-state index in [0.29, 0.717) is 47.6 Å². The van der Waals surface area contributed by atoms with Crippen molar-refractivity contribution in [1.82, 2.24) is 5.32 Å². The number of allylic oxidation sites excluding steroid dienone is 3. The first-order valence-electron chi connectivity index (χ1n) is 12.5. The Labute approximate surface area is 207 Å². The summed E-state index contributed by atoms with van der Waals surface area (Å²) < 4.78 is 16.8. The van der Waals surface area contributed by atoms with Crippen molar-refractivity contribution in [3.63, 3.8) is 0 Å². The highest BCUT2D eigenvalue weighted by Crippen LogP contribution is 2.47. The van der Waals surface area contributed by atoms with Gasteiger partial charge in [-0.05, 0) is 45.1 Å². The van der Waals surface area contributed by atoms with Crippen LogP contribution in [0.4, 0.5) is 0 Å². The van der Waals surface area contributed by atoms with Gasteiger partial charge < -0.3 is 19.5 Å². The topological polar surface area (TPSA) is 90.9 Å². The van der Waals surface area contributed by atoms with Gasteiger partial charge in [-0.1, -0.05) is 45.4 Å². The van der Waals surface area contributed by atoms with Crippen LogP contribution < -0.4 is 10.1 Å². The third-order valence-electron chi connectivity index (χ3n) is 6.83. The van der Waals surface area contributed by atoms with Crippen LogP contribution in [0.1, 0.15) is 71.8 Å². The third-order valence-corrected chi connectivity index (χ3v) is 6.83. The molecule has 0 aromatic heterocycles. The van der Waals surface area contributed by atoms with E-state index in [9.17, 15) is 14.4 Å². The molecule has 190 valence electrons. The molecule has 0 fully saturated rings. The van der Waals surface area contributed by atoms with E-state index >= 15 is 0 Å². The summed E-state index contributed by atoms with van der Waals surface area (Å²) in [5.74, 6) is -2.63. The maximum atomic E-state index is 13.9. The second-order valence-corrected chi connectivity index (χ2v) is 9.40. The van der Waals surface area contributed by atoms with Gasteiger partial charge in [-0.15, -0.1) is 0 Å². The molecule has 3 rings (SSSR count). The van der Waals surface area contributed by atoms with Gasteiger partial charge in [-0.25, -0.2) is 4.79 Å². The Hall–Kier alpha value is -3.09. The summed E-state index contributed by atoms with van der Waals surface area (Å²) in [4.78, 5) is 39.9. The third kappa shape index (κ3) is 5.44. The fourth-order valence-corrected chi connectivity index (χ4v) is 4.77. The number of ketones is 1. The van der Waals surface area contributed by atoms with Gasteiger partial charge in [0.15, 0.2) is 5.78 Å². The molecule has 7 nitrogen and oxygen atoms in total. The highest BCUT2D eigenvalue weighted by molar-refractivity contribution is 6.12. The molecule has 1 aliphatic carbocycles. The second kappa shape index (κ2) is 11.6. The van der Waals surface area contributed by atoms with Crippen molar-refractivity contribution >= 4 is 17.7 Å². The minimum absolute atomic E-state index is 0.237. The molecule has 4 atom stereocenters. The number of rotatable bonds is 9. The molecule has 1 aromatic carbocycles. The molecular weight excluding hydrogens is 446 g/mol. The Morgan fingerprint density at radius 1 is 1.20 bits per heavy atom. The Morgan fingerprint density at radius 3 is 2.57 bits per heavy atom. The molecule has 1 heterocycles. The van der Waals surface area contributed by atoms with E-state index in [-0.39, 0.29) is 17.8 Å². The van der Waals surface area contributed by atoms with Gasteiger partial charge in [0.25, 0.3) is 0 Å². The van der Waals surface area contributed by atoms with E-state index in [1.165, 1.54) is 7.11 Å². The minimum atomic E-state index is -0.929. The number of methoxy groups -OCH3 is 1. The maximum Gasteiger partial charge on any atom is 0.337 e. The molecule has 0 bridgehead atoms. The lowest BCUT2D eigenvalue weighted by atomic mass is 9.69. The molecule has 1 aliphatic heterocycles. The van der Waals surface area contributed by atoms with Gasteiger partial charge in [-0.2, -0.15) is 0 Å². The van der Waals surface area contributed by atoms with Crippen LogP contribution in [-0.2, 0) is 23.9 Å². The first-order valence-corrected chi connectivity index (χ1v) is 12.5. The average molecular weight is 484 g/mol. The molecule has 2 aliphatic rings. The summed E-state index contributed by atoms with van der Waals surface area (Å²) in [5, 5.41) is 3.30. The minimum Gasteiger partial charge on any atom is -0.493 e. The summed E-state index contributed by atoms with van der Waals surface area (Å²) in [6.07, 6.45) is 2.74. The summed E-state index contributed by atoms with van der Waals surface area (Å²) in [5.41, 5.74) is 2.85. The van der Waals surface area contributed by atoms with Crippen LogP contribution in [0.15, 0.2) is 46.8 Å². The Bertz CT molecular complexity index is 1040. The second-order valence-electron chi connectivity index (χ2n) is 9.40. The zero-order chi connectivity index (χ0) is 25.7. The molecular formula is C28H37NO6. The number of Topliss-reactive ketones (excluding diaryl/α,β-unsaturated/α-hetero) is 1. The predicted octanol–water partition coefficient (Wildman–Crippen LogP) is 4.82. The summed E-state index contributed by atoms with van der Waals surface area (Å²) in [6.45, 7) is 10.1. The van der Waals surface area contributed by atoms with Crippen LogP contribution in [0, 0.1) is 11.8 Å². The van der Waals surface area contributed by atoms with E-state index < -0.39 is 23.8 Å². The average Bonchev–Trinajstić information content (AvgIpc) is 2.83. The number of hydrogen-bond donors (Lipinski definition) is 1. The molecule has 7 heteroatoms. The fraction of sp³-hybridized carbons (Fsp3) is 0.536. The monoisotopic (exact) mass is 483 g/mol. The van der Waals surface area contributed by atoms with Crippen molar-refractivity contribution < 1.29 is 28.6 Å². The van der Waals surface area contributed by atoms with Crippen LogP contribution >= 0.6 is 0 Å². The number of dihydropyridines is 1. The van der Waals surface area contributed by atoms with Crippen molar-refractivity contribution in [2.75, 3.05) is 13.7 Å². The first kappa shape index (κ1) is 26.5. The lowest BCUT2D eigenvalue weighted by Crippen LogP contribution is -2.43. The van der Waals surface area contributed by atoms with E-state index in [4.69, 9.17) is 14.2 Å². The van der Waals surface area contributed by atoms with Gasteiger partial charge in [-0.3, -0.25) is 9.59 Å². The van der Waals surface area contributed by atoms with Crippen molar-refractivity contribution in [2.24, 2.45) is 11.8 Å². The number of esters is 2. The molecule has 0 spiro atoms. The molecule has 0 saturated carbocycles. The fourth-order valence-electron chi connectivity index (χ4n) is 4.77. The van der Waals surface area contributed by atoms with Gasteiger partial charge in [0, 0.05) is 22.5 Å². The van der Waals surface area contributed by atoms with Crippen LogP contribution in [0.3, 0.4) is 0 Å². The number of carbonyl (C=O) groups is 3. The van der Waals surface area contributed by atoms with Crippen molar-refractivity contribution in [3.8, 4) is 5.75 Å². The van der Waals surface area contributed by atoms with Gasteiger partial charge in [0.2, 0.25) is 0 Å². The zero-order valence-corrected chi connectivity index (χ0v) is 21.6. The zero-order valence-electron chi connectivity index (χ0n) is 21.6. The Balaban J connectivity index is 2.18. The van der Waals surface area contributed by atoms with E-state index in [2.05, 4.69) is 12.2 Å². The summed E-state index contributed by atoms with van der Waals surface area (Å²) >= 11 is 0. The SMILES string of the molecule is CCCCOc1ccccc1[C@H]1C(C(=O)O[C@H](C)CC)=C(C)NC2=C1C(=O)[C@@H](C(=O)OC)[C@@H](C)C2. The molecule has 0 amide bonds. The molecule has 0 unspecified atom stereocenters. The van der Waals surface area contributed by atoms with Gasteiger partial charge in [0.05, 0.1) is 31.3 Å². The lowest BCUT2D eigenvalue weighted by Gasteiger charge is -2.38. The van der Waals surface area contributed by atoms with Crippen LogP contribution in [0.2, 0.25) is 0 Å². The number of para-hydroxylation sites is 1. The number of hydrogen-bond acceptors (Lipinski definition) is 7. The number of carbonyl (C=O) groups excluding carboxylic acids is 3. The smallest absolute Gasteiger partial charge is 0.337 e. The maximum absolute atomic E-state index is 13.9. The van der Waals surface area contributed by atoms with E-state index in [0.717, 1.165) is 18.5 Å². The quantitative estimate of drug-likeness (QED) is 0.306. The van der Waals surface area contributed by atoms with E-state index in [1.807, 2.05) is 52.0 Å². The number of benzene rings is 1. The van der Waals surface area contributed by atoms with Gasteiger partial charge in [0.1, 0.15) is 11.7 Å².